The molecule has 0 aromatic heterocycles. The highest BCUT2D eigenvalue weighted by Crippen LogP contribution is 2.34. The minimum absolute atomic E-state index is 0.0139. The molecule has 0 saturated heterocycles. The van der Waals surface area contributed by atoms with Gasteiger partial charge >= 0.3 is 0 Å². The van der Waals surface area contributed by atoms with Gasteiger partial charge in [-0.3, -0.25) is 4.79 Å². The van der Waals surface area contributed by atoms with Crippen molar-refractivity contribution in [1.29, 1.82) is 0 Å². The van der Waals surface area contributed by atoms with Crippen LogP contribution in [0, 0.1) is 16.7 Å². The van der Waals surface area contributed by atoms with E-state index < -0.39 is 0 Å². The predicted molar refractivity (Wildman–Crippen MR) is 86.7 cm³/mol. The number of carbonyl (C=O) groups is 1. The third kappa shape index (κ3) is 7.32. The first kappa shape index (κ1) is 18.7. The Bertz CT molecular complexity index is 423. The van der Waals surface area contributed by atoms with Gasteiger partial charge in [0.25, 0.3) is 0 Å². The average molecular weight is 278 g/mol. The molecule has 2 heteroatoms. The molecule has 0 aromatic carbocycles. The monoisotopic (exact) mass is 278 g/mol. The molecule has 1 unspecified atom stereocenters. The molecule has 0 aromatic rings. The van der Waals surface area contributed by atoms with Crippen LogP contribution in [-0.2, 0) is 4.79 Å². The first-order valence-electron chi connectivity index (χ1n) is 7.15. The van der Waals surface area contributed by atoms with Gasteiger partial charge in [0.15, 0.2) is 5.78 Å². The fraction of sp³-hybridized carbons (Fsp3) is 0.611. The summed E-state index contributed by atoms with van der Waals surface area (Å²) >= 11 is 0. The molecule has 20 heavy (non-hydrogen) atoms. The maximum absolute atomic E-state index is 11.2. The number of carbonyl (C=O) groups excluding carboxylic acids is 1. The van der Waals surface area contributed by atoms with E-state index in [-0.39, 0.29) is 28.3 Å². The molecule has 1 atom stereocenters. The van der Waals surface area contributed by atoms with Gasteiger partial charge in [-0.2, -0.15) is 0 Å². The number of allylic oxidation sites excluding steroid dienone is 5. The van der Waals surface area contributed by atoms with E-state index in [1.54, 1.807) is 0 Å². The highest BCUT2D eigenvalue weighted by molar-refractivity contribution is 5.88. The van der Waals surface area contributed by atoms with E-state index in [0.29, 0.717) is 0 Å². The summed E-state index contributed by atoms with van der Waals surface area (Å²) in [5.74, 6) is 0.0653. The number of aliphatic hydroxyl groups is 1. The van der Waals surface area contributed by atoms with Gasteiger partial charge in [0.1, 0.15) is 5.76 Å². The summed E-state index contributed by atoms with van der Waals surface area (Å²) in [5.41, 5.74) is 0.903. The van der Waals surface area contributed by atoms with Crippen molar-refractivity contribution in [2.24, 2.45) is 16.7 Å². The second-order valence-electron chi connectivity index (χ2n) is 7.58. The fourth-order valence-corrected chi connectivity index (χ4v) is 1.63. The molecule has 0 saturated carbocycles. The quantitative estimate of drug-likeness (QED) is 0.434. The molecule has 0 aliphatic heterocycles. The summed E-state index contributed by atoms with van der Waals surface area (Å²) in [4.78, 5) is 11.2. The van der Waals surface area contributed by atoms with E-state index in [9.17, 15) is 9.90 Å². The van der Waals surface area contributed by atoms with E-state index in [2.05, 4.69) is 54.5 Å². The number of aliphatic hydroxyl groups excluding tert-OH is 1. The van der Waals surface area contributed by atoms with Crippen molar-refractivity contribution < 1.29 is 9.90 Å². The topological polar surface area (TPSA) is 37.3 Å². The Morgan fingerprint density at radius 1 is 1.10 bits per heavy atom. The molecule has 0 rings (SSSR count). The number of rotatable bonds is 4. The van der Waals surface area contributed by atoms with Crippen molar-refractivity contribution in [2.45, 2.75) is 55.4 Å². The van der Waals surface area contributed by atoms with E-state index in [1.807, 2.05) is 12.2 Å². The zero-order valence-electron chi connectivity index (χ0n) is 14.2. The van der Waals surface area contributed by atoms with E-state index in [1.165, 1.54) is 13.0 Å². The lowest BCUT2D eigenvalue weighted by Gasteiger charge is -2.29. The van der Waals surface area contributed by atoms with Gasteiger partial charge in [0.2, 0.25) is 0 Å². The molecule has 0 radical (unpaired) electrons. The molecule has 1 N–H and O–H groups in total. The Balaban J connectivity index is 5.55. The standard InChI is InChI=1S/C18H30O2/c1-13(19)12-16(20)15(14(2)18(6,7)8)10-9-11-17(3,4)5/h9-12,14,20H,1-8H3/b11-9+,15-10+,16-12-. The Morgan fingerprint density at radius 2 is 1.60 bits per heavy atom. The van der Waals surface area contributed by atoms with Crippen molar-refractivity contribution >= 4 is 5.78 Å². The lowest BCUT2D eigenvalue weighted by Crippen LogP contribution is -2.20. The summed E-state index contributed by atoms with van der Waals surface area (Å²) < 4.78 is 0. The van der Waals surface area contributed by atoms with Crippen LogP contribution in [0.4, 0.5) is 0 Å². The molecule has 0 aliphatic rings. The minimum atomic E-state index is -0.144. The van der Waals surface area contributed by atoms with Gasteiger partial charge in [-0.25, -0.2) is 0 Å². The summed E-state index contributed by atoms with van der Waals surface area (Å²) in [6, 6.07) is 0. The van der Waals surface area contributed by atoms with Gasteiger partial charge in [0.05, 0.1) is 0 Å². The fourth-order valence-electron chi connectivity index (χ4n) is 1.63. The molecule has 2 nitrogen and oxygen atoms in total. The molecular formula is C18H30O2. The van der Waals surface area contributed by atoms with Crippen LogP contribution in [0.5, 0.6) is 0 Å². The van der Waals surface area contributed by atoms with Crippen LogP contribution in [0.15, 0.2) is 35.6 Å². The SMILES string of the molecule is CC(=O)/C=C(O)/C(=C/C=C/C(C)(C)C)C(C)C(C)(C)C. The third-order valence-electron chi connectivity index (χ3n) is 3.27. The number of ketones is 1. The maximum Gasteiger partial charge on any atom is 0.156 e. The normalized spacial score (nSPS) is 16.6. The summed E-state index contributed by atoms with van der Waals surface area (Å²) in [6.07, 6.45) is 7.25. The highest BCUT2D eigenvalue weighted by Gasteiger charge is 2.25. The molecule has 0 fully saturated rings. The second-order valence-corrected chi connectivity index (χ2v) is 7.58. The lowest BCUT2D eigenvalue weighted by atomic mass is 9.76. The van der Waals surface area contributed by atoms with Crippen LogP contribution in [0.3, 0.4) is 0 Å². The van der Waals surface area contributed by atoms with Crippen molar-refractivity contribution in [3.05, 3.63) is 35.6 Å². The van der Waals surface area contributed by atoms with Crippen molar-refractivity contribution in [1.82, 2.24) is 0 Å². The second kappa shape index (κ2) is 6.92. The summed E-state index contributed by atoms with van der Waals surface area (Å²) in [6.45, 7) is 16.3. The Kier molecular flexibility index (Phi) is 6.46. The van der Waals surface area contributed by atoms with Crippen LogP contribution in [-0.4, -0.2) is 10.9 Å². The van der Waals surface area contributed by atoms with Crippen molar-refractivity contribution in [3.63, 3.8) is 0 Å². The predicted octanol–water partition coefficient (Wildman–Crippen LogP) is 5.23. The number of hydrogen-bond donors (Lipinski definition) is 1. The van der Waals surface area contributed by atoms with Gasteiger partial charge in [0, 0.05) is 6.08 Å². The first-order valence-corrected chi connectivity index (χ1v) is 7.15. The molecule has 0 heterocycles. The van der Waals surface area contributed by atoms with E-state index in [4.69, 9.17) is 0 Å². The van der Waals surface area contributed by atoms with Crippen LogP contribution < -0.4 is 0 Å². The minimum Gasteiger partial charge on any atom is -0.508 e. The zero-order chi connectivity index (χ0) is 16.1. The first-order chi connectivity index (χ1) is 8.84. The van der Waals surface area contributed by atoms with Gasteiger partial charge < -0.3 is 5.11 Å². The van der Waals surface area contributed by atoms with Gasteiger partial charge in [-0.1, -0.05) is 66.7 Å². The largest absolute Gasteiger partial charge is 0.508 e. The molecule has 0 aliphatic carbocycles. The van der Waals surface area contributed by atoms with Crippen LogP contribution in [0.1, 0.15) is 55.4 Å². The van der Waals surface area contributed by atoms with Crippen LogP contribution >= 0.6 is 0 Å². The van der Waals surface area contributed by atoms with Gasteiger partial charge in [-0.15, -0.1) is 0 Å². The molecule has 0 amide bonds. The van der Waals surface area contributed by atoms with Crippen molar-refractivity contribution in [3.8, 4) is 0 Å². The molecule has 0 bridgehead atoms. The van der Waals surface area contributed by atoms with Crippen LogP contribution in [0.2, 0.25) is 0 Å². The third-order valence-corrected chi connectivity index (χ3v) is 3.27. The Hall–Kier alpha value is -1.31. The Morgan fingerprint density at radius 3 is 1.95 bits per heavy atom. The summed E-state index contributed by atoms with van der Waals surface area (Å²) in [5, 5.41) is 10.2. The highest BCUT2D eigenvalue weighted by atomic mass is 16.3. The van der Waals surface area contributed by atoms with E-state index >= 15 is 0 Å². The molecule has 0 spiro atoms. The van der Waals surface area contributed by atoms with E-state index in [0.717, 1.165) is 5.57 Å². The van der Waals surface area contributed by atoms with Crippen LogP contribution in [0.25, 0.3) is 0 Å². The summed E-state index contributed by atoms with van der Waals surface area (Å²) in [7, 11) is 0. The van der Waals surface area contributed by atoms with Gasteiger partial charge in [-0.05, 0) is 29.2 Å². The van der Waals surface area contributed by atoms with Crippen molar-refractivity contribution in [2.75, 3.05) is 0 Å². The maximum atomic E-state index is 11.2. The number of hydrogen-bond acceptors (Lipinski definition) is 2. The average Bonchev–Trinajstić information content (AvgIpc) is 2.19. The molecule has 114 valence electrons. The smallest absolute Gasteiger partial charge is 0.156 e. The zero-order valence-corrected chi connectivity index (χ0v) is 14.2. The Labute approximate surface area is 124 Å². The lowest BCUT2D eigenvalue weighted by molar-refractivity contribution is -0.112. The molecular weight excluding hydrogens is 248 g/mol.